The van der Waals surface area contributed by atoms with Gasteiger partial charge in [0, 0.05) is 16.3 Å². The monoisotopic (exact) mass is 167 g/mol. The molecular formula is C7H7BClNO. The molecule has 0 aliphatic heterocycles. The molecule has 0 radical (unpaired) electrons. The summed E-state index contributed by atoms with van der Waals surface area (Å²) in [6.07, 6.45) is 0.703. The Labute approximate surface area is 70.8 Å². The third-order valence-electron chi connectivity index (χ3n) is 1.51. The normalized spacial score (nSPS) is 9.55. The topological polar surface area (TPSA) is 43.1 Å². The van der Waals surface area contributed by atoms with Crippen LogP contribution in [-0.2, 0) is 0 Å². The SMILES string of the molecule is Bc1cc(Cl)cc(C=O)c1N. The molecule has 1 aromatic rings. The summed E-state index contributed by atoms with van der Waals surface area (Å²) in [6, 6.07) is 3.28. The first kappa shape index (κ1) is 8.14. The predicted octanol–water partition coefficient (Wildman–Crippen LogP) is -0.00690. The van der Waals surface area contributed by atoms with E-state index in [0.29, 0.717) is 22.6 Å². The summed E-state index contributed by atoms with van der Waals surface area (Å²) in [5.41, 5.74) is 7.36. The number of hydrogen-bond donors (Lipinski definition) is 1. The van der Waals surface area contributed by atoms with Gasteiger partial charge in [-0.3, -0.25) is 4.79 Å². The zero-order valence-electron chi connectivity index (χ0n) is 6.10. The number of benzene rings is 1. The van der Waals surface area contributed by atoms with Crippen molar-refractivity contribution >= 4 is 36.9 Å². The number of aldehydes is 1. The first-order valence-corrected chi connectivity index (χ1v) is 3.53. The minimum Gasteiger partial charge on any atom is -0.399 e. The van der Waals surface area contributed by atoms with Crippen molar-refractivity contribution in [3.63, 3.8) is 0 Å². The molecule has 2 N–H and O–H groups in total. The van der Waals surface area contributed by atoms with Crippen LogP contribution in [0.4, 0.5) is 5.69 Å². The van der Waals surface area contributed by atoms with Crippen LogP contribution in [0.15, 0.2) is 12.1 Å². The Balaban J connectivity index is 3.35. The Morgan fingerprint density at radius 2 is 2.18 bits per heavy atom. The summed E-state index contributed by atoms with van der Waals surface area (Å²) in [4.78, 5) is 10.4. The van der Waals surface area contributed by atoms with Crippen LogP contribution in [0.3, 0.4) is 0 Å². The highest BCUT2D eigenvalue weighted by Gasteiger charge is 2.01. The molecule has 0 aliphatic rings. The largest absolute Gasteiger partial charge is 0.399 e. The number of nitrogen functional groups attached to an aromatic ring is 1. The lowest BCUT2D eigenvalue weighted by Crippen LogP contribution is -2.12. The molecule has 0 saturated carbocycles. The van der Waals surface area contributed by atoms with Crippen LogP contribution in [0.1, 0.15) is 10.4 Å². The predicted molar refractivity (Wildman–Crippen MR) is 49.4 cm³/mol. The first-order chi connectivity index (χ1) is 5.15. The van der Waals surface area contributed by atoms with Crippen molar-refractivity contribution in [3.8, 4) is 0 Å². The molecule has 1 rings (SSSR count). The number of halogens is 1. The summed E-state index contributed by atoms with van der Waals surface area (Å²) in [5, 5.41) is 0.541. The Kier molecular flexibility index (Phi) is 2.20. The van der Waals surface area contributed by atoms with E-state index in [1.165, 1.54) is 0 Å². The van der Waals surface area contributed by atoms with E-state index in [9.17, 15) is 4.79 Å². The quantitative estimate of drug-likeness (QED) is 0.363. The molecule has 0 amide bonds. The van der Waals surface area contributed by atoms with E-state index in [4.69, 9.17) is 17.3 Å². The molecule has 0 bridgehead atoms. The van der Waals surface area contributed by atoms with Crippen LogP contribution in [0, 0.1) is 0 Å². The summed E-state index contributed by atoms with van der Waals surface area (Å²) in [6.45, 7) is 0. The van der Waals surface area contributed by atoms with E-state index in [-0.39, 0.29) is 0 Å². The van der Waals surface area contributed by atoms with Gasteiger partial charge in [0.15, 0.2) is 6.29 Å². The van der Waals surface area contributed by atoms with Gasteiger partial charge in [-0.15, -0.1) is 0 Å². The van der Waals surface area contributed by atoms with Gasteiger partial charge in [-0.2, -0.15) is 0 Å². The molecular weight excluding hydrogens is 160 g/mol. The summed E-state index contributed by atoms with van der Waals surface area (Å²) < 4.78 is 0. The maximum absolute atomic E-state index is 10.4. The van der Waals surface area contributed by atoms with E-state index < -0.39 is 0 Å². The van der Waals surface area contributed by atoms with Crippen molar-refractivity contribution in [2.75, 3.05) is 5.73 Å². The van der Waals surface area contributed by atoms with Crippen molar-refractivity contribution < 1.29 is 4.79 Å². The summed E-state index contributed by atoms with van der Waals surface area (Å²) in [5.74, 6) is 0. The standard InChI is InChI=1S/C7H7BClNO/c8-6-2-5(9)1-4(3-11)7(6)10/h1-3H,8,10H2. The second kappa shape index (κ2) is 2.97. The highest BCUT2D eigenvalue weighted by atomic mass is 35.5. The van der Waals surface area contributed by atoms with Gasteiger partial charge in [0.05, 0.1) is 0 Å². The van der Waals surface area contributed by atoms with E-state index in [1.807, 2.05) is 7.85 Å². The highest BCUT2D eigenvalue weighted by Crippen LogP contribution is 2.13. The smallest absolute Gasteiger partial charge is 0.152 e. The lowest BCUT2D eigenvalue weighted by molar-refractivity contribution is 0.112. The van der Waals surface area contributed by atoms with Gasteiger partial charge in [0.2, 0.25) is 0 Å². The lowest BCUT2D eigenvalue weighted by atomic mass is 9.92. The van der Waals surface area contributed by atoms with Gasteiger partial charge in [-0.25, -0.2) is 0 Å². The minimum absolute atomic E-state index is 0.454. The molecule has 4 heteroatoms. The second-order valence-corrected chi connectivity index (χ2v) is 2.78. The summed E-state index contributed by atoms with van der Waals surface area (Å²) >= 11 is 5.69. The van der Waals surface area contributed by atoms with Crippen LogP contribution in [-0.4, -0.2) is 14.1 Å². The number of anilines is 1. The number of carbonyl (C=O) groups is 1. The molecule has 0 unspecified atom stereocenters. The Hall–Kier alpha value is -0.955. The summed E-state index contributed by atoms with van der Waals surface area (Å²) in [7, 11) is 1.81. The average molecular weight is 167 g/mol. The van der Waals surface area contributed by atoms with Gasteiger partial charge in [-0.05, 0) is 12.1 Å². The van der Waals surface area contributed by atoms with Crippen molar-refractivity contribution in [1.29, 1.82) is 0 Å². The van der Waals surface area contributed by atoms with Gasteiger partial charge >= 0.3 is 0 Å². The van der Waals surface area contributed by atoms with E-state index >= 15 is 0 Å². The van der Waals surface area contributed by atoms with Gasteiger partial charge in [0.1, 0.15) is 7.85 Å². The van der Waals surface area contributed by atoms with Crippen LogP contribution >= 0.6 is 11.6 Å². The average Bonchev–Trinajstić information content (AvgIpc) is 1.96. The fourth-order valence-electron chi connectivity index (χ4n) is 0.878. The number of carbonyl (C=O) groups excluding carboxylic acids is 1. The third-order valence-corrected chi connectivity index (χ3v) is 1.73. The Bertz CT molecular complexity index is 301. The Morgan fingerprint density at radius 3 is 2.73 bits per heavy atom. The molecule has 0 atom stereocenters. The van der Waals surface area contributed by atoms with Crippen molar-refractivity contribution in [2.45, 2.75) is 0 Å². The van der Waals surface area contributed by atoms with Crippen LogP contribution < -0.4 is 11.2 Å². The third kappa shape index (κ3) is 1.55. The number of hydrogen-bond acceptors (Lipinski definition) is 2. The molecule has 0 spiro atoms. The van der Waals surface area contributed by atoms with Gasteiger partial charge in [0.25, 0.3) is 0 Å². The van der Waals surface area contributed by atoms with E-state index in [2.05, 4.69) is 0 Å². The fraction of sp³-hybridized carbons (Fsp3) is 0. The molecule has 1 aromatic carbocycles. The van der Waals surface area contributed by atoms with Crippen LogP contribution in [0.2, 0.25) is 5.02 Å². The second-order valence-electron chi connectivity index (χ2n) is 2.34. The van der Waals surface area contributed by atoms with Crippen molar-refractivity contribution in [2.24, 2.45) is 0 Å². The lowest BCUT2D eigenvalue weighted by Gasteiger charge is -2.02. The first-order valence-electron chi connectivity index (χ1n) is 3.16. The maximum Gasteiger partial charge on any atom is 0.152 e. The number of nitrogens with two attached hydrogens (primary N) is 1. The fourth-order valence-corrected chi connectivity index (χ4v) is 1.16. The maximum atomic E-state index is 10.4. The van der Waals surface area contributed by atoms with E-state index in [0.717, 1.165) is 5.46 Å². The highest BCUT2D eigenvalue weighted by molar-refractivity contribution is 6.39. The zero-order valence-corrected chi connectivity index (χ0v) is 6.85. The van der Waals surface area contributed by atoms with Crippen LogP contribution in [0.25, 0.3) is 0 Å². The zero-order chi connectivity index (χ0) is 8.43. The molecule has 56 valence electrons. The molecule has 0 saturated heterocycles. The molecule has 11 heavy (non-hydrogen) atoms. The molecule has 0 aromatic heterocycles. The molecule has 0 heterocycles. The van der Waals surface area contributed by atoms with Gasteiger partial charge < -0.3 is 5.73 Å². The Morgan fingerprint density at radius 1 is 1.55 bits per heavy atom. The van der Waals surface area contributed by atoms with Crippen molar-refractivity contribution in [3.05, 3.63) is 22.7 Å². The number of rotatable bonds is 1. The van der Waals surface area contributed by atoms with Gasteiger partial charge in [-0.1, -0.05) is 17.1 Å². The minimum atomic E-state index is 0.454. The molecule has 2 nitrogen and oxygen atoms in total. The molecule has 0 fully saturated rings. The van der Waals surface area contributed by atoms with Crippen LogP contribution in [0.5, 0.6) is 0 Å². The van der Waals surface area contributed by atoms with E-state index in [1.54, 1.807) is 12.1 Å². The van der Waals surface area contributed by atoms with Crippen molar-refractivity contribution in [1.82, 2.24) is 0 Å². The molecule has 0 aliphatic carbocycles.